The van der Waals surface area contributed by atoms with Crippen molar-refractivity contribution in [1.82, 2.24) is 0 Å². The summed E-state index contributed by atoms with van der Waals surface area (Å²) in [5.41, 5.74) is 2.77. The molecule has 9 nitrogen and oxygen atoms in total. The van der Waals surface area contributed by atoms with Crippen LogP contribution in [0.2, 0.25) is 0 Å². The van der Waals surface area contributed by atoms with Crippen LogP contribution in [0.1, 0.15) is 128 Å². The second-order valence-corrected chi connectivity index (χ2v) is 18.1. The number of rotatable bonds is 8. The van der Waals surface area contributed by atoms with Gasteiger partial charge in [-0.15, -0.1) is 0 Å². The van der Waals surface area contributed by atoms with Gasteiger partial charge in [-0.2, -0.15) is 0 Å². The van der Waals surface area contributed by atoms with Crippen molar-refractivity contribution >= 4 is 17.2 Å². The van der Waals surface area contributed by atoms with Crippen molar-refractivity contribution in [3.05, 3.63) is 68.8 Å². The summed E-state index contributed by atoms with van der Waals surface area (Å²) in [5.74, 6) is 0. The Hall–Kier alpha value is -1.06. The molecule has 2 rings (SSSR count). The van der Waals surface area contributed by atoms with Crippen molar-refractivity contribution < 1.29 is 44.3 Å². The topological polar surface area (TPSA) is 171 Å². The molecule has 0 radical (unpaired) electrons. The van der Waals surface area contributed by atoms with Gasteiger partial charge in [0.05, 0.1) is 25.2 Å². The third-order valence-electron chi connectivity index (χ3n) is 8.56. The zero-order chi connectivity index (χ0) is 36.4. The molecule has 2 aromatic carbocycles. The van der Waals surface area contributed by atoms with Gasteiger partial charge < -0.3 is 40.0 Å². The number of aliphatic hydroxyl groups excluding tert-OH is 3. The maximum Gasteiger partial charge on any atom is 0.334 e. The SMILES string of the molecule is Cc1cc(C(C)(C)C)c(C(O)(c2cc(C(C)(C)C)c(C)cc2C(C)(C)C)C(CO)(CO)CO)cc1C(C)(C)C.OP(O)OP(O)O. The van der Waals surface area contributed by atoms with Crippen molar-refractivity contribution in [2.24, 2.45) is 5.41 Å². The molecule has 0 bridgehead atoms. The van der Waals surface area contributed by atoms with E-state index in [1.807, 2.05) is 0 Å². The minimum atomic E-state index is -2.61. The molecule has 0 unspecified atom stereocenters. The summed E-state index contributed by atoms with van der Waals surface area (Å²) in [4.78, 5) is 31.3. The average Bonchev–Trinajstić information content (AvgIpc) is 2.86. The van der Waals surface area contributed by atoms with Crippen LogP contribution >= 0.6 is 17.2 Å². The first-order chi connectivity index (χ1) is 20.5. The molecule has 0 saturated heterocycles. The lowest BCUT2D eigenvalue weighted by Crippen LogP contribution is -2.56. The summed E-state index contributed by atoms with van der Waals surface area (Å²) in [5, 5.41) is 46.2. The molecule has 0 amide bonds. The maximum atomic E-state index is 13.4. The van der Waals surface area contributed by atoms with Crippen molar-refractivity contribution in [2.45, 2.75) is 124 Å². The van der Waals surface area contributed by atoms with E-state index in [1.165, 1.54) is 0 Å². The zero-order valence-electron chi connectivity index (χ0n) is 30.3. The second kappa shape index (κ2) is 15.2. The molecule has 0 fully saturated rings. The van der Waals surface area contributed by atoms with Crippen molar-refractivity contribution in [1.29, 1.82) is 0 Å². The van der Waals surface area contributed by atoms with Crippen molar-refractivity contribution in [3.8, 4) is 0 Å². The van der Waals surface area contributed by atoms with E-state index in [0.29, 0.717) is 11.1 Å². The Kier molecular flexibility index (Phi) is 14.2. The van der Waals surface area contributed by atoms with Crippen LogP contribution in [0.3, 0.4) is 0 Å². The fraction of sp³-hybridized carbons (Fsp3) is 0.657. The third kappa shape index (κ3) is 9.55. The molecule has 0 aliphatic carbocycles. The van der Waals surface area contributed by atoms with E-state index in [-0.39, 0.29) is 21.7 Å². The van der Waals surface area contributed by atoms with E-state index >= 15 is 0 Å². The fourth-order valence-corrected chi connectivity index (χ4v) is 6.67. The van der Waals surface area contributed by atoms with Crippen LogP contribution in [0.5, 0.6) is 0 Å². The molecule has 0 heterocycles. The number of hydrogen-bond acceptors (Lipinski definition) is 9. The van der Waals surface area contributed by atoms with Gasteiger partial charge in [0, 0.05) is 0 Å². The standard InChI is InChI=1S/C35H56O4.H4O5P2/c1-22-15-26(32(9,10)11)28(17-24(22)30(3,4)5)35(39,34(19-36,20-37)21-38)29-18-25(31(6,7)8)23(2)16-27(29)33(12,13)14;1-6(2)5-7(3)4/h15-18,36-39H,19-21H2,1-14H3;1-4H. The van der Waals surface area contributed by atoms with E-state index in [0.717, 1.165) is 33.4 Å². The molecule has 0 aliphatic rings. The molecule has 0 aliphatic heterocycles. The third-order valence-corrected chi connectivity index (χ3v) is 9.73. The Morgan fingerprint density at radius 1 is 0.478 bits per heavy atom. The van der Waals surface area contributed by atoms with Gasteiger partial charge in [-0.05, 0) is 80.0 Å². The number of hydrogen-bond donors (Lipinski definition) is 8. The van der Waals surface area contributed by atoms with Crippen LogP contribution < -0.4 is 0 Å². The van der Waals surface area contributed by atoms with Crippen LogP contribution in [-0.4, -0.2) is 59.8 Å². The van der Waals surface area contributed by atoms with Crippen LogP contribution in [0.15, 0.2) is 24.3 Å². The van der Waals surface area contributed by atoms with Crippen LogP contribution in [0.4, 0.5) is 0 Å². The molecule has 0 spiro atoms. The van der Waals surface area contributed by atoms with Crippen LogP contribution in [-0.2, 0) is 31.6 Å². The maximum absolute atomic E-state index is 13.4. The molecule has 264 valence electrons. The molecular formula is C35H60O9P2. The highest BCUT2D eigenvalue weighted by Crippen LogP contribution is 2.52. The average molecular weight is 687 g/mol. The minimum Gasteiger partial charge on any atom is -0.395 e. The van der Waals surface area contributed by atoms with Gasteiger partial charge in [0.15, 0.2) is 0 Å². The molecule has 11 heteroatoms. The molecular weight excluding hydrogens is 626 g/mol. The van der Waals surface area contributed by atoms with Gasteiger partial charge in [-0.3, -0.25) is 0 Å². The Labute approximate surface area is 279 Å². The van der Waals surface area contributed by atoms with Gasteiger partial charge >= 0.3 is 17.2 Å². The van der Waals surface area contributed by atoms with Crippen LogP contribution in [0, 0.1) is 19.3 Å². The smallest absolute Gasteiger partial charge is 0.334 e. The van der Waals surface area contributed by atoms with E-state index in [9.17, 15) is 20.4 Å². The monoisotopic (exact) mass is 686 g/mol. The molecule has 2 aromatic rings. The first-order valence-electron chi connectivity index (χ1n) is 15.5. The second-order valence-electron chi connectivity index (χ2n) is 16.5. The highest BCUT2D eigenvalue weighted by atomic mass is 31.2. The highest BCUT2D eigenvalue weighted by molar-refractivity contribution is 7.53. The normalized spacial score (nSPS) is 13.7. The van der Waals surface area contributed by atoms with Gasteiger partial charge in [0.25, 0.3) is 0 Å². The van der Waals surface area contributed by atoms with E-state index < -0.39 is 48.0 Å². The summed E-state index contributed by atoms with van der Waals surface area (Å²) < 4.78 is 3.60. The van der Waals surface area contributed by atoms with Crippen molar-refractivity contribution in [3.63, 3.8) is 0 Å². The Morgan fingerprint density at radius 3 is 0.913 bits per heavy atom. The fourth-order valence-electron chi connectivity index (χ4n) is 6.15. The summed E-state index contributed by atoms with van der Waals surface area (Å²) in [6.07, 6.45) is 0. The molecule has 46 heavy (non-hydrogen) atoms. The summed E-state index contributed by atoms with van der Waals surface area (Å²) in [7, 11) is -5.22. The number of benzene rings is 2. The van der Waals surface area contributed by atoms with Gasteiger partial charge in [-0.1, -0.05) is 107 Å². The van der Waals surface area contributed by atoms with Gasteiger partial charge in [-0.25, -0.2) is 4.31 Å². The Balaban J connectivity index is 0.00000135. The van der Waals surface area contributed by atoms with Crippen molar-refractivity contribution in [2.75, 3.05) is 19.8 Å². The molecule has 0 saturated carbocycles. The predicted molar refractivity (Wildman–Crippen MR) is 188 cm³/mol. The first kappa shape index (κ1) is 43.0. The lowest BCUT2D eigenvalue weighted by atomic mass is 9.59. The van der Waals surface area contributed by atoms with E-state index in [2.05, 4.69) is 126 Å². The first-order valence-corrected chi connectivity index (χ1v) is 17.8. The molecule has 0 atom stereocenters. The van der Waals surface area contributed by atoms with Gasteiger partial charge in [0.2, 0.25) is 0 Å². The molecule has 0 aromatic heterocycles. The van der Waals surface area contributed by atoms with E-state index in [1.54, 1.807) is 0 Å². The summed E-state index contributed by atoms with van der Waals surface area (Å²) in [6, 6.07) is 8.42. The predicted octanol–water partition coefficient (Wildman–Crippen LogP) is 6.12. The quantitative estimate of drug-likeness (QED) is 0.153. The Bertz CT molecular complexity index is 1210. The number of aliphatic hydroxyl groups is 4. The minimum absolute atomic E-state index is 0.215. The number of aryl methyl sites for hydroxylation is 2. The zero-order valence-corrected chi connectivity index (χ0v) is 32.1. The Morgan fingerprint density at radius 2 is 0.739 bits per heavy atom. The van der Waals surface area contributed by atoms with Crippen LogP contribution in [0.25, 0.3) is 0 Å². The largest absolute Gasteiger partial charge is 0.395 e. The lowest BCUT2D eigenvalue weighted by Gasteiger charge is -2.49. The molecule has 8 N–H and O–H groups in total. The lowest BCUT2D eigenvalue weighted by molar-refractivity contribution is -0.137. The van der Waals surface area contributed by atoms with Gasteiger partial charge in [0.1, 0.15) is 5.60 Å². The summed E-state index contributed by atoms with van der Waals surface area (Å²) >= 11 is 0. The van der Waals surface area contributed by atoms with E-state index in [4.69, 9.17) is 19.6 Å². The summed E-state index contributed by atoms with van der Waals surface area (Å²) in [6.45, 7) is 28.0. The highest BCUT2D eigenvalue weighted by Gasteiger charge is 2.55.